The molecule has 2 nitrogen and oxygen atoms in total. The van der Waals surface area contributed by atoms with Gasteiger partial charge in [-0.1, -0.05) is 18.2 Å². The number of halogens is 2. The number of ether oxygens (including phenoxy) is 1. The van der Waals surface area contributed by atoms with Crippen LogP contribution in [0.1, 0.15) is 44.2 Å². The van der Waals surface area contributed by atoms with Crippen LogP contribution < -0.4 is 10.1 Å². The highest BCUT2D eigenvalue weighted by molar-refractivity contribution is 5.35. The van der Waals surface area contributed by atoms with Gasteiger partial charge in [0.05, 0.1) is 0 Å². The van der Waals surface area contributed by atoms with Crippen LogP contribution in [0.25, 0.3) is 0 Å². The molecule has 1 N–H and O–H groups in total. The Morgan fingerprint density at radius 3 is 2.25 bits per heavy atom. The van der Waals surface area contributed by atoms with E-state index < -0.39 is 6.61 Å². The molecule has 2 saturated carbocycles. The normalized spacial score (nSPS) is 20.4. The molecule has 1 unspecified atom stereocenters. The van der Waals surface area contributed by atoms with E-state index in [4.69, 9.17) is 0 Å². The maximum atomic E-state index is 12.5. The molecule has 0 saturated heterocycles. The maximum Gasteiger partial charge on any atom is 0.387 e. The topological polar surface area (TPSA) is 21.3 Å². The van der Waals surface area contributed by atoms with E-state index in [1.807, 2.05) is 19.1 Å². The number of hydrogen-bond donors (Lipinski definition) is 1. The Hall–Kier alpha value is -1.16. The molecule has 3 rings (SSSR count). The van der Waals surface area contributed by atoms with Gasteiger partial charge in [0.25, 0.3) is 0 Å². The second kappa shape index (κ2) is 5.68. The predicted molar refractivity (Wildman–Crippen MR) is 73.9 cm³/mol. The first kappa shape index (κ1) is 13.8. The summed E-state index contributed by atoms with van der Waals surface area (Å²) in [6.07, 6.45) is 5.21. The summed E-state index contributed by atoms with van der Waals surface area (Å²) in [5.74, 6) is 1.86. The van der Waals surface area contributed by atoms with Crippen LogP contribution in [0, 0.1) is 11.8 Å². The van der Waals surface area contributed by atoms with E-state index in [1.54, 1.807) is 12.1 Å². The summed E-state index contributed by atoms with van der Waals surface area (Å²) in [5, 5.41) is 3.65. The fraction of sp³-hybridized carbons (Fsp3) is 0.625. The van der Waals surface area contributed by atoms with Gasteiger partial charge in [-0.3, -0.25) is 0 Å². The van der Waals surface area contributed by atoms with Crippen molar-refractivity contribution in [3.05, 3.63) is 29.8 Å². The van der Waals surface area contributed by atoms with Crippen LogP contribution in [0.3, 0.4) is 0 Å². The number of para-hydroxylation sites is 1. The Labute approximate surface area is 118 Å². The summed E-state index contributed by atoms with van der Waals surface area (Å²) >= 11 is 0. The zero-order valence-corrected chi connectivity index (χ0v) is 11.7. The predicted octanol–water partition coefficient (Wildman–Crippen LogP) is 4.13. The molecular formula is C16H21F2NO. The van der Waals surface area contributed by atoms with Gasteiger partial charge >= 0.3 is 6.61 Å². The Kier molecular flexibility index (Phi) is 3.92. The highest BCUT2D eigenvalue weighted by Crippen LogP contribution is 2.45. The van der Waals surface area contributed by atoms with Gasteiger partial charge in [-0.05, 0) is 50.5 Å². The van der Waals surface area contributed by atoms with Crippen molar-refractivity contribution in [2.24, 2.45) is 11.8 Å². The number of nitrogens with one attached hydrogen (secondary N) is 1. The lowest BCUT2D eigenvalue weighted by Gasteiger charge is -2.25. The van der Waals surface area contributed by atoms with Crippen molar-refractivity contribution < 1.29 is 13.5 Å². The van der Waals surface area contributed by atoms with Gasteiger partial charge in [-0.2, -0.15) is 8.78 Å². The minimum atomic E-state index is -2.77. The van der Waals surface area contributed by atoms with Crippen LogP contribution in [0.2, 0.25) is 0 Å². The van der Waals surface area contributed by atoms with Crippen LogP contribution in [0.5, 0.6) is 5.75 Å². The van der Waals surface area contributed by atoms with Crippen LogP contribution in [0.4, 0.5) is 8.78 Å². The fourth-order valence-corrected chi connectivity index (χ4v) is 2.99. The Morgan fingerprint density at radius 1 is 1.10 bits per heavy atom. The number of benzene rings is 1. The van der Waals surface area contributed by atoms with Crippen molar-refractivity contribution in [3.8, 4) is 5.75 Å². The highest BCUT2D eigenvalue weighted by atomic mass is 19.3. The minimum Gasteiger partial charge on any atom is -0.434 e. The fourth-order valence-electron chi connectivity index (χ4n) is 2.99. The van der Waals surface area contributed by atoms with Gasteiger partial charge < -0.3 is 10.1 Å². The Balaban J connectivity index is 1.70. The molecule has 2 aliphatic rings. The van der Waals surface area contributed by atoms with E-state index >= 15 is 0 Å². The van der Waals surface area contributed by atoms with Crippen molar-refractivity contribution in [1.29, 1.82) is 0 Å². The monoisotopic (exact) mass is 281 g/mol. The van der Waals surface area contributed by atoms with Crippen LogP contribution >= 0.6 is 0 Å². The number of alkyl halides is 2. The molecule has 0 radical (unpaired) electrons. The molecule has 2 fully saturated rings. The molecule has 0 heterocycles. The summed E-state index contributed by atoms with van der Waals surface area (Å²) < 4.78 is 29.5. The van der Waals surface area contributed by atoms with Crippen LogP contribution in [-0.4, -0.2) is 12.7 Å². The van der Waals surface area contributed by atoms with Crippen molar-refractivity contribution >= 4 is 0 Å². The third-order valence-electron chi connectivity index (χ3n) is 4.30. The van der Waals surface area contributed by atoms with Crippen molar-refractivity contribution in [3.63, 3.8) is 0 Å². The molecule has 1 aromatic carbocycles. The molecule has 2 aliphatic carbocycles. The SMILES string of the molecule is CC(NC(C1CC1)C1CC1)c1ccccc1OC(F)F. The molecule has 1 atom stereocenters. The number of hydrogen-bond acceptors (Lipinski definition) is 2. The molecule has 110 valence electrons. The van der Waals surface area contributed by atoms with Crippen LogP contribution in [0.15, 0.2) is 24.3 Å². The Morgan fingerprint density at radius 2 is 1.70 bits per heavy atom. The first-order chi connectivity index (χ1) is 9.65. The number of rotatable bonds is 7. The van der Waals surface area contributed by atoms with E-state index in [1.165, 1.54) is 25.7 Å². The van der Waals surface area contributed by atoms with E-state index in [9.17, 15) is 8.78 Å². The zero-order chi connectivity index (χ0) is 14.1. The summed E-state index contributed by atoms with van der Waals surface area (Å²) in [7, 11) is 0. The van der Waals surface area contributed by atoms with Gasteiger partial charge in [0.1, 0.15) is 5.75 Å². The summed E-state index contributed by atoms with van der Waals surface area (Å²) in [6.45, 7) is -0.739. The summed E-state index contributed by atoms with van der Waals surface area (Å²) in [4.78, 5) is 0. The standard InChI is InChI=1S/C16H21F2NO/c1-10(19-15(11-6-7-11)12-8-9-12)13-4-2-3-5-14(13)20-16(17)18/h2-5,10-12,15-16,19H,6-9H2,1H3. The zero-order valence-electron chi connectivity index (χ0n) is 11.7. The maximum absolute atomic E-state index is 12.5. The van der Waals surface area contributed by atoms with Gasteiger partial charge in [0.2, 0.25) is 0 Å². The lowest BCUT2D eigenvalue weighted by Crippen LogP contribution is -2.35. The first-order valence-electron chi connectivity index (χ1n) is 7.45. The van der Waals surface area contributed by atoms with Crippen molar-refractivity contribution in [1.82, 2.24) is 5.32 Å². The lowest BCUT2D eigenvalue weighted by atomic mass is 10.0. The lowest BCUT2D eigenvalue weighted by molar-refractivity contribution is -0.0507. The first-order valence-corrected chi connectivity index (χ1v) is 7.45. The third kappa shape index (κ3) is 3.29. The van der Waals surface area contributed by atoms with Gasteiger partial charge in [0, 0.05) is 17.6 Å². The minimum absolute atomic E-state index is 0.0381. The molecule has 0 spiro atoms. The molecule has 0 amide bonds. The van der Waals surface area contributed by atoms with E-state index in [0.717, 1.165) is 17.4 Å². The smallest absolute Gasteiger partial charge is 0.387 e. The van der Waals surface area contributed by atoms with Gasteiger partial charge in [-0.25, -0.2) is 0 Å². The van der Waals surface area contributed by atoms with Crippen molar-refractivity contribution in [2.75, 3.05) is 0 Å². The molecule has 20 heavy (non-hydrogen) atoms. The van der Waals surface area contributed by atoms with E-state index in [0.29, 0.717) is 6.04 Å². The van der Waals surface area contributed by atoms with Gasteiger partial charge in [0.15, 0.2) is 0 Å². The highest BCUT2D eigenvalue weighted by Gasteiger charge is 2.41. The molecule has 0 bridgehead atoms. The van der Waals surface area contributed by atoms with Crippen LogP contribution in [-0.2, 0) is 0 Å². The van der Waals surface area contributed by atoms with E-state index in [-0.39, 0.29) is 11.8 Å². The molecule has 0 aliphatic heterocycles. The van der Waals surface area contributed by atoms with Gasteiger partial charge in [-0.15, -0.1) is 0 Å². The quantitative estimate of drug-likeness (QED) is 0.811. The molecule has 0 aromatic heterocycles. The summed E-state index contributed by atoms with van der Waals surface area (Å²) in [6, 6.07) is 7.66. The molecule has 4 heteroatoms. The average molecular weight is 281 g/mol. The second-order valence-corrected chi connectivity index (χ2v) is 6.01. The molecular weight excluding hydrogens is 260 g/mol. The largest absolute Gasteiger partial charge is 0.434 e. The summed E-state index contributed by atoms with van der Waals surface area (Å²) in [5.41, 5.74) is 0.819. The van der Waals surface area contributed by atoms with E-state index in [2.05, 4.69) is 10.1 Å². The molecule has 1 aromatic rings. The third-order valence-corrected chi connectivity index (χ3v) is 4.30. The second-order valence-electron chi connectivity index (χ2n) is 6.01. The van der Waals surface area contributed by atoms with Crippen molar-refractivity contribution in [2.45, 2.75) is 51.3 Å². The Bertz CT molecular complexity index is 446. The average Bonchev–Trinajstić information content (AvgIpc) is 3.28.